The number of carbonyl (C=O) groups excluding carboxylic acids is 2. The summed E-state index contributed by atoms with van der Waals surface area (Å²) in [6.07, 6.45) is 1.51. The number of ether oxygens (including phenoxy) is 2. The van der Waals surface area contributed by atoms with Crippen LogP contribution in [0.25, 0.3) is 0 Å². The predicted molar refractivity (Wildman–Crippen MR) is 92.6 cm³/mol. The second-order valence-corrected chi connectivity index (χ2v) is 5.92. The van der Waals surface area contributed by atoms with Crippen LogP contribution in [0.15, 0.2) is 47.5 Å². The molecule has 126 valence electrons. The maximum atomic E-state index is 11.7. The fourth-order valence-corrected chi connectivity index (χ4v) is 2.53. The van der Waals surface area contributed by atoms with Crippen molar-refractivity contribution in [3.8, 4) is 5.75 Å². The molecular weight excluding hydrogens is 352 g/mol. The number of halogens is 1. The first kappa shape index (κ1) is 18.1. The molecule has 2 rings (SSSR count). The summed E-state index contributed by atoms with van der Waals surface area (Å²) in [7, 11) is 1.59. The van der Waals surface area contributed by atoms with Gasteiger partial charge in [0.1, 0.15) is 5.75 Å². The number of anilines is 1. The zero-order chi connectivity index (χ0) is 17.4. The van der Waals surface area contributed by atoms with Crippen LogP contribution < -0.4 is 10.1 Å². The Labute approximate surface area is 148 Å². The molecule has 0 fully saturated rings. The smallest absolute Gasteiger partial charge is 0.316 e. The van der Waals surface area contributed by atoms with E-state index in [4.69, 9.17) is 21.1 Å². The van der Waals surface area contributed by atoms with E-state index in [0.29, 0.717) is 5.69 Å². The predicted octanol–water partition coefficient (Wildman–Crippen LogP) is 3.02. The van der Waals surface area contributed by atoms with Crippen LogP contribution in [0.3, 0.4) is 0 Å². The van der Waals surface area contributed by atoms with E-state index < -0.39 is 11.9 Å². The lowest BCUT2D eigenvalue weighted by molar-refractivity contribution is -0.144. The quantitative estimate of drug-likeness (QED) is 0.461. The zero-order valence-corrected chi connectivity index (χ0v) is 14.4. The van der Waals surface area contributed by atoms with Crippen molar-refractivity contribution in [2.45, 2.75) is 4.90 Å². The minimum atomic E-state index is -0.483. The average molecular weight is 367 g/mol. The van der Waals surface area contributed by atoms with Crippen LogP contribution in [0.5, 0.6) is 5.75 Å². The molecule has 0 aliphatic rings. The Hall–Kier alpha value is -2.25. The number of aromatic nitrogens is 1. The lowest BCUT2D eigenvalue weighted by atomic mass is 10.3. The molecule has 2 aromatic rings. The van der Waals surface area contributed by atoms with Gasteiger partial charge in [-0.05, 0) is 36.4 Å². The highest BCUT2D eigenvalue weighted by molar-refractivity contribution is 8.00. The van der Waals surface area contributed by atoms with Gasteiger partial charge in [0.25, 0.3) is 5.91 Å². The normalized spacial score (nSPS) is 10.1. The van der Waals surface area contributed by atoms with E-state index >= 15 is 0 Å². The van der Waals surface area contributed by atoms with Gasteiger partial charge in [-0.3, -0.25) is 9.59 Å². The third-order valence-corrected chi connectivity index (χ3v) is 4.10. The molecule has 1 aromatic carbocycles. The summed E-state index contributed by atoms with van der Waals surface area (Å²) in [5.41, 5.74) is 0.368. The number of rotatable bonds is 7. The number of pyridine rings is 1. The van der Waals surface area contributed by atoms with Crippen LogP contribution >= 0.6 is 23.4 Å². The highest BCUT2D eigenvalue weighted by Crippen LogP contribution is 2.21. The number of hydrogen-bond acceptors (Lipinski definition) is 6. The van der Waals surface area contributed by atoms with E-state index in [-0.39, 0.29) is 17.5 Å². The number of nitrogens with one attached hydrogen (secondary N) is 1. The van der Waals surface area contributed by atoms with E-state index in [1.54, 1.807) is 31.4 Å². The number of amides is 1. The van der Waals surface area contributed by atoms with Gasteiger partial charge in [-0.1, -0.05) is 11.6 Å². The van der Waals surface area contributed by atoms with Crippen molar-refractivity contribution in [2.24, 2.45) is 0 Å². The lowest BCUT2D eigenvalue weighted by Gasteiger charge is -2.07. The second-order valence-electron chi connectivity index (χ2n) is 4.51. The molecule has 8 heteroatoms. The Morgan fingerprint density at radius 3 is 2.67 bits per heavy atom. The molecule has 0 saturated heterocycles. The van der Waals surface area contributed by atoms with Gasteiger partial charge in [0, 0.05) is 11.1 Å². The van der Waals surface area contributed by atoms with Crippen molar-refractivity contribution in [1.29, 1.82) is 0 Å². The standard InChI is InChI=1S/C16H15ClN2O4S/c1-22-11-4-6-12(7-5-11)24-10-15(21)23-9-14(20)19-13-3-2-8-18-16(13)17/h2-8H,9-10H2,1H3,(H,19,20). The molecule has 0 aliphatic carbocycles. The van der Waals surface area contributed by atoms with E-state index in [1.807, 2.05) is 12.1 Å². The summed E-state index contributed by atoms with van der Waals surface area (Å²) in [5.74, 6) is -0.114. The van der Waals surface area contributed by atoms with Crippen LogP contribution in [-0.4, -0.2) is 36.3 Å². The lowest BCUT2D eigenvalue weighted by Crippen LogP contribution is -2.21. The molecule has 24 heavy (non-hydrogen) atoms. The molecule has 1 amide bonds. The molecule has 0 atom stereocenters. The van der Waals surface area contributed by atoms with Gasteiger partial charge in [-0.25, -0.2) is 4.98 Å². The van der Waals surface area contributed by atoms with Gasteiger partial charge in [0.2, 0.25) is 0 Å². The van der Waals surface area contributed by atoms with Crippen molar-refractivity contribution >= 4 is 40.9 Å². The van der Waals surface area contributed by atoms with Crippen molar-refractivity contribution in [3.05, 3.63) is 47.7 Å². The first-order valence-corrected chi connectivity index (χ1v) is 8.27. The molecule has 0 spiro atoms. The molecule has 1 aromatic heterocycles. The summed E-state index contributed by atoms with van der Waals surface area (Å²) >= 11 is 7.14. The van der Waals surface area contributed by atoms with Crippen molar-refractivity contribution in [3.63, 3.8) is 0 Å². The number of esters is 1. The third-order valence-electron chi connectivity index (χ3n) is 2.81. The Balaban J connectivity index is 1.72. The maximum absolute atomic E-state index is 11.7. The molecule has 6 nitrogen and oxygen atoms in total. The monoisotopic (exact) mass is 366 g/mol. The molecule has 1 N–H and O–H groups in total. The first-order chi connectivity index (χ1) is 11.6. The fraction of sp³-hybridized carbons (Fsp3) is 0.188. The van der Waals surface area contributed by atoms with Crippen molar-refractivity contribution in [2.75, 3.05) is 24.8 Å². The van der Waals surface area contributed by atoms with Crippen LogP contribution in [0.1, 0.15) is 0 Å². The maximum Gasteiger partial charge on any atom is 0.316 e. The summed E-state index contributed by atoms with van der Waals surface area (Å²) in [4.78, 5) is 28.1. The molecule has 0 radical (unpaired) electrons. The number of hydrogen-bond donors (Lipinski definition) is 1. The molecular formula is C16H15ClN2O4S. The topological polar surface area (TPSA) is 77.5 Å². The minimum absolute atomic E-state index is 0.104. The summed E-state index contributed by atoms with van der Waals surface area (Å²) in [5, 5.41) is 2.69. The summed E-state index contributed by atoms with van der Waals surface area (Å²) < 4.78 is 9.98. The van der Waals surface area contributed by atoms with E-state index in [0.717, 1.165) is 10.6 Å². The van der Waals surface area contributed by atoms with Crippen molar-refractivity contribution in [1.82, 2.24) is 4.98 Å². The Morgan fingerprint density at radius 1 is 1.25 bits per heavy atom. The highest BCUT2D eigenvalue weighted by atomic mass is 35.5. The number of thioether (sulfide) groups is 1. The van der Waals surface area contributed by atoms with Crippen LogP contribution in [-0.2, 0) is 14.3 Å². The number of methoxy groups -OCH3 is 1. The minimum Gasteiger partial charge on any atom is -0.497 e. The SMILES string of the molecule is COc1ccc(SCC(=O)OCC(=O)Nc2cccnc2Cl)cc1. The van der Waals surface area contributed by atoms with Gasteiger partial charge in [0.05, 0.1) is 18.6 Å². The molecule has 0 saturated carbocycles. The largest absolute Gasteiger partial charge is 0.497 e. The van der Waals surface area contributed by atoms with Gasteiger partial charge in [-0.15, -0.1) is 11.8 Å². The van der Waals surface area contributed by atoms with Crippen LogP contribution in [0.4, 0.5) is 5.69 Å². The zero-order valence-electron chi connectivity index (χ0n) is 12.8. The highest BCUT2D eigenvalue weighted by Gasteiger charge is 2.10. The number of carbonyl (C=O) groups is 2. The van der Waals surface area contributed by atoms with E-state index in [9.17, 15) is 9.59 Å². The Morgan fingerprint density at radius 2 is 2.00 bits per heavy atom. The molecule has 0 bridgehead atoms. The number of nitrogens with zero attached hydrogens (tertiary/aromatic N) is 1. The first-order valence-electron chi connectivity index (χ1n) is 6.91. The van der Waals surface area contributed by atoms with Gasteiger partial charge in [0.15, 0.2) is 11.8 Å². The third kappa shape index (κ3) is 5.75. The van der Waals surface area contributed by atoms with Gasteiger partial charge in [-0.2, -0.15) is 0 Å². The molecule has 0 unspecified atom stereocenters. The Kier molecular flexibility index (Phi) is 6.89. The summed E-state index contributed by atoms with van der Waals surface area (Å²) in [6, 6.07) is 10.5. The fourth-order valence-electron chi connectivity index (χ4n) is 1.67. The second kappa shape index (κ2) is 9.14. The van der Waals surface area contributed by atoms with E-state index in [1.165, 1.54) is 18.0 Å². The Bertz CT molecular complexity index is 709. The van der Waals surface area contributed by atoms with Crippen LogP contribution in [0.2, 0.25) is 5.15 Å². The van der Waals surface area contributed by atoms with E-state index in [2.05, 4.69) is 10.3 Å². The molecule has 0 aliphatic heterocycles. The van der Waals surface area contributed by atoms with Crippen molar-refractivity contribution < 1.29 is 19.1 Å². The van der Waals surface area contributed by atoms with Crippen LogP contribution in [0, 0.1) is 0 Å². The summed E-state index contributed by atoms with van der Waals surface area (Å²) in [6.45, 7) is -0.382. The average Bonchev–Trinajstić information content (AvgIpc) is 2.60. The number of benzene rings is 1. The van der Waals surface area contributed by atoms with Gasteiger partial charge < -0.3 is 14.8 Å². The molecule has 1 heterocycles. The van der Waals surface area contributed by atoms with Gasteiger partial charge >= 0.3 is 5.97 Å².